The number of rotatable bonds is 9. The second-order valence-electron chi connectivity index (χ2n) is 3.38. The Morgan fingerprint density at radius 2 is 1.87 bits per heavy atom. The van der Waals surface area contributed by atoms with E-state index >= 15 is 0 Å². The number of ether oxygens (including phenoxy) is 1. The summed E-state index contributed by atoms with van der Waals surface area (Å²) in [5.41, 5.74) is 0. The fraction of sp³-hybridized carbons (Fsp3) is 0.800. The standard InChI is InChI=1S/C10H18O5/c1-2-3-4-5-6-8(10(13)14)15-7-9(11)12/h8H,2-7H2,1H3,(H,11,12)(H,13,14). The summed E-state index contributed by atoms with van der Waals surface area (Å²) in [4.78, 5) is 20.8. The summed E-state index contributed by atoms with van der Waals surface area (Å²) < 4.78 is 4.75. The highest BCUT2D eigenvalue weighted by Gasteiger charge is 2.18. The molecule has 0 aromatic heterocycles. The minimum Gasteiger partial charge on any atom is -0.480 e. The smallest absolute Gasteiger partial charge is 0.332 e. The molecular formula is C10H18O5. The summed E-state index contributed by atoms with van der Waals surface area (Å²) in [5.74, 6) is -2.23. The maximum atomic E-state index is 10.7. The molecule has 88 valence electrons. The van der Waals surface area contributed by atoms with Gasteiger partial charge in [-0.2, -0.15) is 0 Å². The molecule has 5 heteroatoms. The number of carboxylic acid groups (broad SMARTS) is 2. The lowest BCUT2D eigenvalue weighted by atomic mass is 10.1. The minimum atomic E-state index is -1.14. The van der Waals surface area contributed by atoms with Crippen LogP contribution in [-0.4, -0.2) is 34.9 Å². The Bertz CT molecular complexity index is 202. The van der Waals surface area contributed by atoms with E-state index in [1.54, 1.807) is 0 Å². The van der Waals surface area contributed by atoms with Crippen LogP contribution in [0.1, 0.15) is 39.0 Å². The topological polar surface area (TPSA) is 83.8 Å². The largest absolute Gasteiger partial charge is 0.480 e. The van der Waals surface area contributed by atoms with Crippen molar-refractivity contribution in [1.29, 1.82) is 0 Å². The van der Waals surface area contributed by atoms with Crippen molar-refractivity contribution in [3.05, 3.63) is 0 Å². The molecular weight excluding hydrogens is 200 g/mol. The van der Waals surface area contributed by atoms with E-state index in [0.29, 0.717) is 6.42 Å². The van der Waals surface area contributed by atoms with E-state index in [1.165, 1.54) is 0 Å². The van der Waals surface area contributed by atoms with Crippen LogP contribution in [0, 0.1) is 0 Å². The van der Waals surface area contributed by atoms with E-state index in [9.17, 15) is 9.59 Å². The van der Waals surface area contributed by atoms with Crippen LogP contribution in [0.25, 0.3) is 0 Å². The predicted octanol–water partition coefficient (Wildman–Crippen LogP) is 1.51. The normalized spacial score (nSPS) is 12.3. The van der Waals surface area contributed by atoms with Crippen LogP contribution in [0.4, 0.5) is 0 Å². The summed E-state index contributed by atoms with van der Waals surface area (Å²) >= 11 is 0. The van der Waals surface area contributed by atoms with Gasteiger partial charge in [0.2, 0.25) is 0 Å². The number of aliphatic carboxylic acids is 2. The van der Waals surface area contributed by atoms with Crippen LogP contribution in [-0.2, 0) is 14.3 Å². The molecule has 0 bridgehead atoms. The van der Waals surface area contributed by atoms with Crippen molar-refractivity contribution in [2.45, 2.75) is 45.1 Å². The van der Waals surface area contributed by atoms with Gasteiger partial charge in [-0.25, -0.2) is 9.59 Å². The highest BCUT2D eigenvalue weighted by Crippen LogP contribution is 2.08. The molecule has 2 N–H and O–H groups in total. The highest BCUT2D eigenvalue weighted by molar-refractivity contribution is 5.73. The first-order chi connectivity index (χ1) is 7.07. The number of hydrogen-bond donors (Lipinski definition) is 2. The number of unbranched alkanes of at least 4 members (excludes halogenated alkanes) is 3. The molecule has 0 aliphatic rings. The monoisotopic (exact) mass is 218 g/mol. The lowest BCUT2D eigenvalue weighted by Crippen LogP contribution is -2.26. The van der Waals surface area contributed by atoms with Crippen molar-refractivity contribution < 1.29 is 24.5 Å². The molecule has 1 unspecified atom stereocenters. The molecule has 0 spiro atoms. The van der Waals surface area contributed by atoms with E-state index in [4.69, 9.17) is 14.9 Å². The van der Waals surface area contributed by atoms with Gasteiger partial charge in [0.05, 0.1) is 0 Å². The van der Waals surface area contributed by atoms with Gasteiger partial charge in [-0.15, -0.1) is 0 Å². The highest BCUT2D eigenvalue weighted by atomic mass is 16.5. The molecule has 0 rings (SSSR count). The second kappa shape index (κ2) is 8.23. The maximum Gasteiger partial charge on any atom is 0.332 e. The van der Waals surface area contributed by atoms with E-state index in [0.717, 1.165) is 25.7 Å². The van der Waals surface area contributed by atoms with Crippen molar-refractivity contribution in [3.8, 4) is 0 Å². The van der Waals surface area contributed by atoms with Crippen LogP contribution in [0.2, 0.25) is 0 Å². The third kappa shape index (κ3) is 7.93. The maximum absolute atomic E-state index is 10.7. The molecule has 0 radical (unpaired) electrons. The third-order valence-corrected chi connectivity index (χ3v) is 2.00. The molecule has 0 saturated heterocycles. The Hall–Kier alpha value is -1.10. The summed E-state index contributed by atoms with van der Waals surface area (Å²) in [6.07, 6.45) is 3.24. The van der Waals surface area contributed by atoms with Gasteiger partial charge >= 0.3 is 11.9 Å². The average Bonchev–Trinajstić information content (AvgIpc) is 2.15. The van der Waals surface area contributed by atoms with Crippen LogP contribution in [0.15, 0.2) is 0 Å². The summed E-state index contributed by atoms with van der Waals surface area (Å²) in [7, 11) is 0. The van der Waals surface area contributed by atoms with Gasteiger partial charge in [0.25, 0.3) is 0 Å². The van der Waals surface area contributed by atoms with Crippen LogP contribution < -0.4 is 0 Å². The Labute approximate surface area is 89.0 Å². The van der Waals surface area contributed by atoms with Crippen molar-refractivity contribution in [1.82, 2.24) is 0 Å². The van der Waals surface area contributed by atoms with E-state index in [1.807, 2.05) is 0 Å². The van der Waals surface area contributed by atoms with Gasteiger partial charge in [0, 0.05) is 0 Å². The SMILES string of the molecule is CCCCCCC(OCC(=O)O)C(=O)O. The van der Waals surface area contributed by atoms with Crippen molar-refractivity contribution >= 4 is 11.9 Å². The van der Waals surface area contributed by atoms with Crippen LogP contribution in [0.3, 0.4) is 0 Å². The zero-order chi connectivity index (χ0) is 11.7. The molecule has 0 saturated carbocycles. The number of carbonyl (C=O) groups is 2. The summed E-state index contributed by atoms with van der Waals surface area (Å²) in [5, 5.41) is 17.1. The molecule has 15 heavy (non-hydrogen) atoms. The zero-order valence-corrected chi connectivity index (χ0v) is 8.94. The number of carboxylic acids is 2. The molecule has 0 aliphatic carbocycles. The Morgan fingerprint density at radius 1 is 1.20 bits per heavy atom. The lowest BCUT2D eigenvalue weighted by molar-refractivity contribution is -0.156. The van der Waals surface area contributed by atoms with Crippen molar-refractivity contribution in [3.63, 3.8) is 0 Å². The average molecular weight is 218 g/mol. The van der Waals surface area contributed by atoms with Gasteiger partial charge in [-0.3, -0.25) is 0 Å². The molecule has 0 heterocycles. The quantitative estimate of drug-likeness (QED) is 0.573. The Morgan fingerprint density at radius 3 is 2.33 bits per heavy atom. The number of hydrogen-bond acceptors (Lipinski definition) is 3. The van der Waals surface area contributed by atoms with Gasteiger partial charge in [-0.05, 0) is 6.42 Å². The lowest BCUT2D eigenvalue weighted by Gasteiger charge is -2.11. The van der Waals surface area contributed by atoms with Gasteiger partial charge < -0.3 is 14.9 Å². The van der Waals surface area contributed by atoms with Crippen molar-refractivity contribution in [2.24, 2.45) is 0 Å². The molecule has 0 fully saturated rings. The Balaban J connectivity index is 3.73. The van der Waals surface area contributed by atoms with E-state index in [2.05, 4.69) is 6.92 Å². The fourth-order valence-corrected chi connectivity index (χ4v) is 1.21. The summed E-state index contributed by atoms with van der Waals surface area (Å²) in [6, 6.07) is 0. The van der Waals surface area contributed by atoms with Crippen LogP contribution >= 0.6 is 0 Å². The first kappa shape index (κ1) is 13.9. The van der Waals surface area contributed by atoms with E-state index < -0.39 is 24.6 Å². The first-order valence-corrected chi connectivity index (χ1v) is 5.14. The minimum absolute atomic E-state index is 0.378. The van der Waals surface area contributed by atoms with E-state index in [-0.39, 0.29) is 0 Å². The van der Waals surface area contributed by atoms with Gasteiger partial charge in [-0.1, -0.05) is 32.6 Å². The molecule has 1 atom stereocenters. The first-order valence-electron chi connectivity index (χ1n) is 5.14. The molecule has 0 amide bonds. The molecule has 5 nitrogen and oxygen atoms in total. The van der Waals surface area contributed by atoms with Gasteiger partial charge in [0.15, 0.2) is 6.10 Å². The van der Waals surface area contributed by atoms with Gasteiger partial charge in [0.1, 0.15) is 6.61 Å². The van der Waals surface area contributed by atoms with Crippen molar-refractivity contribution in [2.75, 3.05) is 6.61 Å². The molecule has 0 aromatic carbocycles. The fourth-order valence-electron chi connectivity index (χ4n) is 1.21. The molecule has 0 aliphatic heterocycles. The predicted molar refractivity (Wildman–Crippen MR) is 53.8 cm³/mol. The third-order valence-electron chi connectivity index (χ3n) is 2.00. The van der Waals surface area contributed by atoms with Crippen LogP contribution in [0.5, 0.6) is 0 Å². The molecule has 0 aromatic rings. The summed E-state index contributed by atoms with van der Waals surface area (Å²) in [6.45, 7) is 1.51. The zero-order valence-electron chi connectivity index (χ0n) is 8.94. The second-order valence-corrected chi connectivity index (χ2v) is 3.38. The Kier molecular flexibility index (Phi) is 7.62.